The summed E-state index contributed by atoms with van der Waals surface area (Å²) in [6.07, 6.45) is 0.378. The highest BCUT2D eigenvalue weighted by molar-refractivity contribution is 5.95. The van der Waals surface area contributed by atoms with Crippen molar-refractivity contribution in [3.63, 3.8) is 0 Å². The van der Waals surface area contributed by atoms with Crippen molar-refractivity contribution in [1.29, 1.82) is 5.26 Å². The number of hydrogen-bond acceptors (Lipinski definition) is 2. The van der Waals surface area contributed by atoms with Crippen LogP contribution in [0.2, 0.25) is 0 Å². The molecule has 1 amide bonds. The van der Waals surface area contributed by atoms with E-state index in [9.17, 15) is 4.79 Å². The zero-order valence-corrected chi connectivity index (χ0v) is 12.2. The van der Waals surface area contributed by atoms with Gasteiger partial charge in [-0.1, -0.05) is 31.5 Å². The van der Waals surface area contributed by atoms with Gasteiger partial charge in [0.2, 0.25) is 0 Å². The van der Waals surface area contributed by atoms with E-state index in [0.717, 1.165) is 16.7 Å². The van der Waals surface area contributed by atoms with Gasteiger partial charge in [-0.3, -0.25) is 4.79 Å². The molecule has 0 radical (unpaired) electrons. The van der Waals surface area contributed by atoms with Crippen LogP contribution in [0.1, 0.15) is 41.8 Å². The summed E-state index contributed by atoms with van der Waals surface area (Å²) in [6.45, 7) is 9.32. The second-order valence-corrected chi connectivity index (χ2v) is 5.37. The van der Waals surface area contributed by atoms with Crippen LogP contribution in [0.3, 0.4) is 0 Å². The normalized spacial score (nSPS) is 10.3. The molecule has 0 saturated carbocycles. The highest BCUT2D eigenvalue weighted by Gasteiger charge is 2.18. The molecule has 0 saturated heterocycles. The molecule has 3 nitrogen and oxygen atoms in total. The van der Waals surface area contributed by atoms with E-state index in [2.05, 4.69) is 19.9 Å². The maximum absolute atomic E-state index is 12.5. The predicted octanol–water partition coefficient (Wildman–Crippen LogP) is 3.32. The first kappa shape index (κ1) is 15.2. The summed E-state index contributed by atoms with van der Waals surface area (Å²) in [4.78, 5) is 14.3. The molecule has 0 heterocycles. The lowest BCUT2D eigenvalue weighted by Crippen LogP contribution is -2.35. The van der Waals surface area contributed by atoms with Crippen molar-refractivity contribution in [2.45, 2.75) is 34.1 Å². The Kier molecular flexibility index (Phi) is 5.57. The van der Waals surface area contributed by atoms with E-state index < -0.39 is 0 Å². The summed E-state index contributed by atoms with van der Waals surface area (Å²) >= 11 is 0. The molecule has 1 rings (SSSR count). The molecule has 0 N–H and O–H groups in total. The van der Waals surface area contributed by atoms with Gasteiger partial charge in [0.05, 0.1) is 12.5 Å². The number of amides is 1. The number of nitrogens with zero attached hydrogens (tertiary/aromatic N) is 2. The van der Waals surface area contributed by atoms with Crippen molar-refractivity contribution in [1.82, 2.24) is 4.90 Å². The number of aryl methyl sites for hydroxylation is 2. The predicted molar refractivity (Wildman–Crippen MR) is 76.9 cm³/mol. The molecule has 0 atom stereocenters. The van der Waals surface area contributed by atoms with Crippen LogP contribution < -0.4 is 0 Å². The zero-order valence-electron chi connectivity index (χ0n) is 12.2. The molecule has 0 bridgehead atoms. The van der Waals surface area contributed by atoms with E-state index in [1.54, 1.807) is 4.90 Å². The second-order valence-electron chi connectivity index (χ2n) is 5.37. The van der Waals surface area contributed by atoms with E-state index in [1.807, 2.05) is 32.0 Å². The number of benzene rings is 1. The number of rotatable bonds is 5. The van der Waals surface area contributed by atoms with Crippen LogP contribution in [0.25, 0.3) is 0 Å². The minimum atomic E-state index is 0.0291. The Morgan fingerprint density at radius 2 is 2.05 bits per heavy atom. The largest absolute Gasteiger partial charge is 0.337 e. The second kappa shape index (κ2) is 6.94. The first-order chi connectivity index (χ1) is 8.95. The molecule has 0 aliphatic heterocycles. The molecule has 0 aliphatic rings. The summed E-state index contributed by atoms with van der Waals surface area (Å²) in [6, 6.07) is 7.96. The van der Waals surface area contributed by atoms with Crippen LogP contribution >= 0.6 is 0 Å². The van der Waals surface area contributed by atoms with E-state index in [4.69, 9.17) is 5.26 Å². The lowest BCUT2D eigenvalue weighted by atomic mass is 10.0. The molecule has 1 aromatic carbocycles. The summed E-state index contributed by atoms with van der Waals surface area (Å²) in [7, 11) is 0. The van der Waals surface area contributed by atoms with Crippen molar-refractivity contribution in [3.8, 4) is 6.07 Å². The molecule has 3 heteroatoms. The van der Waals surface area contributed by atoms with E-state index in [0.29, 0.717) is 25.4 Å². The SMILES string of the molecule is Cc1ccc(C(=O)N(CCC#N)CC(C)C)c(C)c1. The first-order valence-electron chi connectivity index (χ1n) is 6.69. The van der Waals surface area contributed by atoms with Gasteiger partial charge < -0.3 is 4.90 Å². The lowest BCUT2D eigenvalue weighted by molar-refractivity contribution is 0.0739. The Morgan fingerprint density at radius 1 is 1.37 bits per heavy atom. The fraction of sp³-hybridized carbons (Fsp3) is 0.500. The maximum atomic E-state index is 12.5. The topological polar surface area (TPSA) is 44.1 Å². The van der Waals surface area contributed by atoms with Crippen LogP contribution in [0.5, 0.6) is 0 Å². The number of hydrogen-bond donors (Lipinski definition) is 0. The Bertz CT molecular complexity index is 486. The average Bonchev–Trinajstić information content (AvgIpc) is 2.33. The summed E-state index contributed by atoms with van der Waals surface area (Å²) < 4.78 is 0. The van der Waals surface area contributed by atoms with E-state index in [-0.39, 0.29) is 5.91 Å². The number of carbonyl (C=O) groups is 1. The smallest absolute Gasteiger partial charge is 0.254 e. The van der Waals surface area contributed by atoms with Crippen LogP contribution in [0.4, 0.5) is 0 Å². The van der Waals surface area contributed by atoms with Crippen molar-refractivity contribution in [2.24, 2.45) is 5.92 Å². The molecule has 0 spiro atoms. The third-order valence-electron chi connectivity index (χ3n) is 2.98. The third-order valence-corrected chi connectivity index (χ3v) is 2.98. The van der Waals surface area contributed by atoms with Crippen LogP contribution in [-0.2, 0) is 0 Å². The maximum Gasteiger partial charge on any atom is 0.254 e. The number of carbonyl (C=O) groups excluding carboxylic acids is 1. The summed E-state index contributed by atoms with van der Waals surface area (Å²) in [5.74, 6) is 0.426. The van der Waals surface area contributed by atoms with Crippen molar-refractivity contribution >= 4 is 5.91 Å². The van der Waals surface area contributed by atoms with Crippen molar-refractivity contribution < 1.29 is 4.79 Å². The quantitative estimate of drug-likeness (QED) is 0.813. The van der Waals surface area contributed by atoms with Gasteiger partial charge in [0.1, 0.15) is 0 Å². The highest BCUT2D eigenvalue weighted by atomic mass is 16.2. The van der Waals surface area contributed by atoms with Gasteiger partial charge in [-0.15, -0.1) is 0 Å². The fourth-order valence-corrected chi connectivity index (χ4v) is 2.13. The van der Waals surface area contributed by atoms with Gasteiger partial charge in [-0.2, -0.15) is 5.26 Å². The molecule has 0 aliphatic carbocycles. The van der Waals surface area contributed by atoms with E-state index in [1.165, 1.54) is 0 Å². The van der Waals surface area contributed by atoms with Gasteiger partial charge >= 0.3 is 0 Å². The third kappa shape index (κ3) is 4.40. The zero-order chi connectivity index (χ0) is 14.4. The minimum absolute atomic E-state index is 0.0291. The summed E-state index contributed by atoms with van der Waals surface area (Å²) in [5, 5.41) is 8.70. The Hall–Kier alpha value is -1.82. The minimum Gasteiger partial charge on any atom is -0.337 e. The highest BCUT2D eigenvalue weighted by Crippen LogP contribution is 2.14. The molecule has 0 unspecified atom stereocenters. The van der Waals surface area contributed by atoms with Crippen molar-refractivity contribution in [2.75, 3.05) is 13.1 Å². The molecule has 0 aromatic heterocycles. The number of nitriles is 1. The van der Waals surface area contributed by atoms with Crippen molar-refractivity contribution in [3.05, 3.63) is 34.9 Å². The Morgan fingerprint density at radius 3 is 2.58 bits per heavy atom. The van der Waals surface area contributed by atoms with Gasteiger partial charge in [0.25, 0.3) is 5.91 Å². The molecule has 1 aromatic rings. The molecule has 0 fully saturated rings. The lowest BCUT2D eigenvalue weighted by Gasteiger charge is -2.24. The monoisotopic (exact) mass is 258 g/mol. The van der Waals surface area contributed by atoms with Gasteiger partial charge in [0, 0.05) is 18.7 Å². The molecule has 19 heavy (non-hydrogen) atoms. The van der Waals surface area contributed by atoms with Gasteiger partial charge in [-0.05, 0) is 31.4 Å². The standard InChI is InChI=1S/C16H22N2O/c1-12(2)11-18(9-5-8-17)16(19)15-7-6-13(3)10-14(15)4/h6-7,10,12H,5,9,11H2,1-4H3. The molecular weight excluding hydrogens is 236 g/mol. The van der Waals surface area contributed by atoms with Crippen LogP contribution in [0.15, 0.2) is 18.2 Å². The van der Waals surface area contributed by atoms with E-state index >= 15 is 0 Å². The Labute approximate surface area is 115 Å². The van der Waals surface area contributed by atoms with Gasteiger partial charge in [-0.25, -0.2) is 0 Å². The molecular formula is C16H22N2O. The van der Waals surface area contributed by atoms with Crippen LogP contribution in [-0.4, -0.2) is 23.9 Å². The Balaban J connectivity index is 2.94. The summed E-state index contributed by atoms with van der Waals surface area (Å²) in [5.41, 5.74) is 2.89. The average molecular weight is 258 g/mol. The van der Waals surface area contributed by atoms with Crippen LogP contribution in [0, 0.1) is 31.1 Å². The molecule has 102 valence electrons. The first-order valence-corrected chi connectivity index (χ1v) is 6.69. The fourth-order valence-electron chi connectivity index (χ4n) is 2.13. The van der Waals surface area contributed by atoms with Gasteiger partial charge in [0.15, 0.2) is 0 Å².